The zero-order valence-corrected chi connectivity index (χ0v) is 9.41. The summed E-state index contributed by atoms with van der Waals surface area (Å²) in [5.74, 6) is -2.04. The number of rotatable bonds is 1. The summed E-state index contributed by atoms with van der Waals surface area (Å²) in [6.45, 7) is 3.40. The topological polar surface area (TPSA) is 36.3 Å². The minimum atomic E-state index is -1.08. The van der Waals surface area contributed by atoms with Crippen LogP contribution < -0.4 is 4.90 Å². The standard InChI is InChI=1S/C12H12F2N2O/c1-8-7-16(4-5-17-8)10-3-2-9(6-15)11(13)12(10)14/h2-3,8H,4-5,7H2,1H3. The molecule has 1 aromatic rings. The fraction of sp³-hybridized carbons (Fsp3) is 0.417. The Balaban J connectivity index is 2.33. The normalized spacial score (nSPS) is 20.1. The summed E-state index contributed by atoms with van der Waals surface area (Å²) < 4.78 is 32.5. The number of ether oxygens (including phenoxy) is 1. The maximum Gasteiger partial charge on any atom is 0.183 e. The van der Waals surface area contributed by atoms with Gasteiger partial charge in [0.1, 0.15) is 6.07 Å². The van der Waals surface area contributed by atoms with Gasteiger partial charge in [-0.2, -0.15) is 5.26 Å². The second-order valence-electron chi connectivity index (χ2n) is 4.00. The van der Waals surface area contributed by atoms with Crippen molar-refractivity contribution in [1.29, 1.82) is 5.26 Å². The Bertz CT molecular complexity index is 470. The van der Waals surface area contributed by atoms with Gasteiger partial charge in [0.05, 0.1) is 24.0 Å². The zero-order valence-electron chi connectivity index (χ0n) is 9.41. The minimum absolute atomic E-state index is 0.0122. The smallest absolute Gasteiger partial charge is 0.183 e. The lowest BCUT2D eigenvalue weighted by atomic mass is 10.1. The first-order valence-corrected chi connectivity index (χ1v) is 5.38. The highest BCUT2D eigenvalue weighted by Crippen LogP contribution is 2.25. The molecule has 1 aliphatic rings. The molecule has 0 spiro atoms. The van der Waals surface area contributed by atoms with E-state index >= 15 is 0 Å². The molecule has 90 valence electrons. The molecule has 5 heteroatoms. The van der Waals surface area contributed by atoms with Gasteiger partial charge in [0.15, 0.2) is 11.6 Å². The van der Waals surface area contributed by atoms with Gasteiger partial charge in [0.25, 0.3) is 0 Å². The molecule has 2 rings (SSSR count). The van der Waals surface area contributed by atoms with E-state index in [4.69, 9.17) is 10.00 Å². The van der Waals surface area contributed by atoms with E-state index in [1.807, 2.05) is 6.92 Å². The number of nitriles is 1. The van der Waals surface area contributed by atoms with Gasteiger partial charge >= 0.3 is 0 Å². The molecule has 0 saturated carbocycles. The third-order valence-electron chi connectivity index (χ3n) is 2.76. The third-order valence-corrected chi connectivity index (χ3v) is 2.76. The average Bonchev–Trinajstić information content (AvgIpc) is 2.32. The number of benzene rings is 1. The number of halogens is 2. The Hall–Kier alpha value is -1.67. The monoisotopic (exact) mass is 238 g/mol. The highest BCUT2D eigenvalue weighted by atomic mass is 19.2. The van der Waals surface area contributed by atoms with Gasteiger partial charge in [-0.3, -0.25) is 0 Å². The van der Waals surface area contributed by atoms with E-state index in [1.165, 1.54) is 12.1 Å². The number of morpholine rings is 1. The Morgan fingerprint density at radius 1 is 1.41 bits per heavy atom. The Kier molecular flexibility index (Phi) is 3.25. The van der Waals surface area contributed by atoms with Crippen molar-refractivity contribution in [3.63, 3.8) is 0 Å². The lowest BCUT2D eigenvalue weighted by Gasteiger charge is -2.33. The average molecular weight is 238 g/mol. The second-order valence-corrected chi connectivity index (χ2v) is 4.00. The molecule has 1 atom stereocenters. The zero-order chi connectivity index (χ0) is 12.4. The second kappa shape index (κ2) is 4.68. The van der Waals surface area contributed by atoms with Crippen LogP contribution >= 0.6 is 0 Å². The van der Waals surface area contributed by atoms with Crippen LogP contribution in [0.3, 0.4) is 0 Å². The largest absolute Gasteiger partial charge is 0.375 e. The number of hydrogen-bond donors (Lipinski definition) is 0. The fourth-order valence-corrected chi connectivity index (χ4v) is 1.91. The van der Waals surface area contributed by atoms with Gasteiger partial charge in [-0.25, -0.2) is 8.78 Å². The summed E-state index contributed by atoms with van der Waals surface area (Å²) in [4.78, 5) is 1.73. The molecule has 0 aliphatic carbocycles. The Labute approximate surface area is 98.2 Å². The quantitative estimate of drug-likeness (QED) is 0.751. The van der Waals surface area contributed by atoms with Crippen molar-refractivity contribution in [1.82, 2.24) is 0 Å². The fourth-order valence-electron chi connectivity index (χ4n) is 1.91. The van der Waals surface area contributed by atoms with E-state index in [-0.39, 0.29) is 17.4 Å². The van der Waals surface area contributed by atoms with Gasteiger partial charge in [0.2, 0.25) is 0 Å². The Morgan fingerprint density at radius 2 is 2.18 bits per heavy atom. The summed E-state index contributed by atoms with van der Waals surface area (Å²) in [5.41, 5.74) is -0.0794. The molecule has 0 N–H and O–H groups in total. The van der Waals surface area contributed by atoms with Gasteiger partial charge in [-0.05, 0) is 19.1 Å². The van der Waals surface area contributed by atoms with E-state index in [0.29, 0.717) is 19.7 Å². The lowest BCUT2D eigenvalue weighted by Crippen LogP contribution is -2.41. The molecule has 1 aromatic carbocycles. The molecular formula is C12H12F2N2O. The molecule has 0 aromatic heterocycles. The number of nitrogens with zero attached hydrogens (tertiary/aromatic N) is 2. The molecular weight excluding hydrogens is 226 g/mol. The van der Waals surface area contributed by atoms with Crippen LogP contribution in [0.1, 0.15) is 12.5 Å². The summed E-state index contributed by atoms with van der Waals surface area (Å²) in [6.07, 6.45) is -0.0122. The minimum Gasteiger partial charge on any atom is -0.375 e. The summed E-state index contributed by atoms with van der Waals surface area (Å²) >= 11 is 0. The molecule has 0 amide bonds. The first-order chi connectivity index (χ1) is 8.13. The first kappa shape index (κ1) is 11.8. The van der Waals surface area contributed by atoms with Crippen LogP contribution in [-0.2, 0) is 4.74 Å². The number of anilines is 1. The van der Waals surface area contributed by atoms with Crippen molar-refractivity contribution < 1.29 is 13.5 Å². The van der Waals surface area contributed by atoms with Crippen LogP contribution in [0.25, 0.3) is 0 Å². The van der Waals surface area contributed by atoms with Crippen LogP contribution in [0.4, 0.5) is 14.5 Å². The van der Waals surface area contributed by atoms with Crippen LogP contribution in [-0.4, -0.2) is 25.8 Å². The first-order valence-electron chi connectivity index (χ1n) is 5.38. The Morgan fingerprint density at radius 3 is 2.82 bits per heavy atom. The highest BCUT2D eigenvalue weighted by Gasteiger charge is 2.22. The van der Waals surface area contributed by atoms with Crippen molar-refractivity contribution in [3.05, 3.63) is 29.3 Å². The van der Waals surface area contributed by atoms with Crippen LogP contribution in [0, 0.1) is 23.0 Å². The van der Waals surface area contributed by atoms with Gasteiger partial charge in [0, 0.05) is 13.1 Å². The van der Waals surface area contributed by atoms with Crippen molar-refractivity contribution in [2.24, 2.45) is 0 Å². The predicted octanol–water partition coefficient (Wildman–Crippen LogP) is 2.06. The van der Waals surface area contributed by atoms with Crippen LogP contribution in [0.5, 0.6) is 0 Å². The van der Waals surface area contributed by atoms with Gasteiger partial charge in [-0.15, -0.1) is 0 Å². The lowest BCUT2D eigenvalue weighted by molar-refractivity contribution is 0.0529. The van der Waals surface area contributed by atoms with Crippen LogP contribution in [0.15, 0.2) is 12.1 Å². The summed E-state index contributed by atoms with van der Waals surface area (Å²) in [6, 6.07) is 4.36. The third kappa shape index (κ3) is 2.22. The molecule has 1 aliphatic heterocycles. The van der Waals surface area contributed by atoms with E-state index < -0.39 is 11.6 Å². The highest BCUT2D eigenvalue weighted by molar-refractivity contribution is 5.52. The summed E-state index contributed by atoms with van der Waals surface area (Å²) in [5, 5.41) is 8.60. The number of hydrogen-bond acceptors (Lipinski definition) is 3. The van der Waals surface area contributed by atoms with Gasteiger partial charge < -0.3 is 9.64 Å². The molecule has 1 saturated heterocycles. The van der Waals surface area contributed by atoms with Gasteiger partial charge in [-0.1, -0.05) is 0 Å². The molecule has 0 bridgehead atoms. The van der Waals surface area contributed by atoms with E-state index in [1.54, 1.807) is 11.0 Å². The van der Waals surface area contributed by atoms with Crippen LogP contribution in [0.2, 0.25) is 0 Å². The maximum absolute atomic E-state index is 13.8. The molecule has 1 unspecified atom stereocenters. The predicted molar refractivity (Wildman–Crippen MR) is 58.7 cm³/mol. The van der Waals surface area contributed by atoms with E-state index in [2.05, 4.69) is 0 Å². The van der Waals surface area contributed by atoms with E-state index in [9.17, 15) is 8.78 Å². The molecule has 1 fully saturated rings. The maximum atomic E-state index is 13.8. The molecule has 17 heavy (non-hydrogen) atoms. The molecule has 3 nitrogen and oxygen atoms in total. The van der Waals surface area contributed by atoms with Crippen molar-refractivity contribution in [2.75, 3.05) is 24.6 Å². The molecule has 0 radical (unpaired) electrons. The van der Waals surface area contributed by atoms with E-state index in [0.717, 1.165) is 0 Å². The van der Waals surface area contributed by atoms with Crippen molar-refractivity contribution >= 4 is 5.69 Å². The SMILES string of the molecule is CC1CN(c2ccc(C#N)c(F)c2F)CCO1. The molecule has 1 heterocycles. The van der Waals surface area contributed by atoms with Crippen molar-refractivity contribution in [3.8, 4) is 6.07 Å². The summed E-state index contributed by atoms with van der Waals surface area (Å²) in [7, 11) is 0. The van der Waals surface area contributed by atoms with Crippen molar-refractivity contribution in [2.45, 2.75) is 13.0 Å².